The van der Waals surface area contributed by atoms with Gasteiger partial charge in [0.25, 0.3) is 0 Å². The zero-order valence-electron chi connectivity index (χ0n) is 15.9. The Balaban J connectivity index is 2.16. The maximum Gasteiger partial charge on any atom is 0.246 e. The number of ether oxygens (including phenoxy) is 1. The second kappa shape index (κ2) is 8.68. The van der Waals surface area contributed by atoms with Gasteiger partial charge in [-0.3, -0.25) is 4.79 Å². The largest absolute Gasteiger partial charge is 0.495 e. The Morgan fingerprint density at radius 1 is 1.27 bits per heavy atom. The fraction of sp³-hybridized carbons (Fsp3) is 0.526. The predicted octanol–water partition coefficient (Wildman–Crippen LogP) is 2.65. The van der Waals surface area contributed by atoms with Crippen LogP contribution in [0.1, 0.15) is 38.2 Å². The Labute approximate surface area is 156 Å². The molecule has 1 amide bonds. The molecule has 144 valence electrons. The third-order valence-corrected chi connectivity index (χ3v) is 6.65. The second-order valence-electron chi connectivity index (χ2n) is 6.91. The average Bonchev–Trinajstić information content (AvgIpc) is 2.61. The molecule has 1 aromatic carbocycles. The molecule has 1 N–H and O–H groups in total. The lowest BCUT2D eigenvalue weighted by Gasteiger charge is -2.29. The lowest BCUT2D eigenvalue weighted by atomic mass is 9.86. The smallest absolute Gasteiger partial charge is 0.246 e. The maximum absolute atomic E-state index is 12.4. The number of hydrogen-bond acceptors (Lipinski definition) is 4. The summed E-state index contributed by atoms with van der Waals surface area (Å²) in [4.78, 5) is 12.3. The van der Waals surface area contributed by atoms with Crippen molar-refractivity contribution in [3.05, 3.63) is 29.8 Å². The molecule has 0 spiro atoms. The number of carbonyl (C=O) groups is 1. The van der Waals surface area contributed by atoms with Crippen molar-refractivity contribution in [1.29, 1.82) is 0 Å². The van der Waals surface area contributed by atoms with Crippen LogP contribution in [0.4, 0.5) is 0 Å². The molecule has 0 heterocycles. The first-order valence-electron chi connectivity index (χ1n) is 8.85. The number of benzene rings is 1. The molecule has 0 unspecified atom stereocenters. The number of carbonyl (C=O) groups excluding carboxylic acids is 1. The molecule has 1 saturated carbocycles. The fourth-order valence-corrected chi connectivity index (χ4v) is 4.21. The predicted molar refractivity (Wildman–Crippen MR) is 102 cm³/mol. The molecule has 0 aromatic heterocycles. The van der Waals surface area contributed by atoms with Gasteiger partial charge in [-0.15, -0.1) is 0 Å². The van der Waals surface area contributed by atoms with E-state index in [2.05, 4.69) is 12.2 Å². The molecule has 0 radical (unpaired) electrons. The van der Waals surface area contributed by atoms with Gasteiger partial charge in [-0.25, -0.2) is 12.7 Å². The van der Waals surface area contributed by atoms with E-state index in [-0.39, 0.29) is 22.6 Å². The molecule has 0 bridgehead atoms. The maximum atomic E-state index is 12.4. The van der Waals surface area contributed by atoms with E-state index in [1.807, 2.05) is 0 Å². The number of rotatable bonds is 6. The van der Waals surface area contributed by atoms with Gasteiger partial charge in [0, 0.05) is 26.2 Å². The molecular formula is C19H28N2O4S. The second-order valence-corrected chi connectivity index (χ2v) is 9.03. The summed E-state index contributed by atoms with van der Waals surface area (Å²) in [5.74, 6) is 0.604. The van der Waals surface area contributed by atoms with Crippen molar-refractivity contribution in [2.24, 2.45) is 5.92 Å². The number of amides is 1. The Morgan fingerprint density at radius 2 is 1.96 bits per heavy atom. The molecule has 26 heavy (non-hydrogen) atoms. The summed E-state index contributed by atoms with van der Waals surface area (Å²) in [5.41, 5.74) is 0.623. The van der Waals surface area contributed by atoms with Crippen molar-refractivity contribution in [2.45, 2.75) is 43.5 Å². The summed E-state index contributed by atoms with van der Waals surface area (Å²) in [6, 6.07) is 5.04. The summed E-state index contributed by atoms with van der Waals surface area (Å²) >= 11 is 0. The first-order valence-corrected chi connectivity index (χ1v) is 10.3. The van der Waals surface area contributed by atoms with Crippen molar-refractivity contribution < 1.29 is 17.9 Å². The van der Waals surface area contributed by atoms with Crippen LogP contribution >= 0.6 is 0 Å². The van der Waals surface area contributed by atoms with E-state index in [0.29, 0.717) is 11.5 Å². The zero-order chi connectivity index (χ0) is 19.3. The molecule has 2 rings (SSSR count). The topological polar surface area (TPSA) is 75.7 Å². The molecule has 1 fully saturated rings. The van der Waals surface area contributed by atoms with Crippen molar-refractivity contribution in [3.63, 3.8) is 0 Å². The van der Waals surface area contributed by atoms with Gasteiger partial charge in [0.1, 0.15) is 10.6 Å². The van der Waals surface area contributed by atoms with Crippen LogP contribution in [-0.2, 0) is 14.8 Å². The zero-order valence-corrected chi connectivity index (χ0v) is 16.7. The standard InChI is InChI=1S/C19H28N2O4S/c1-14-7-5-6-8-16(14)20-19(22)12-10-15-9-11-17(25-4)18(13-15)26(23,24)21(2)3/h9-14,16H,5-8H2,1-4H3,(H,20,22)/b12-10+/t14-,16+/m0/s1. The SMILES string of the molecule is COc1ccc(/C=C/C(=O)N[C@@H]2CCCC[C@@H]2C)cc1S(=O)(=O)N(C)C. The lowest BCUT2D eigenvalue weighted by molar-refractivity contribution is -0.117. The Bertz CT molecular complexity index is 772. The van der Waals surface area contributed by atoms with E-state index in [4.69, 9.17) is 4.74 Å². The van der Waals surface area contributed by atoms with E-state index in [9.17, 15) is 13.2 Å². The van der Waals surface area contributed by atoms with Gasteiger partial charge < -0.3 is 10.1 Å². The summed E-state index contributed by atoms with van der Waals surface area (Å²) in [5, 5.41) is 3.05. The molecule has 1 aromatic rings. The van der Waals surface area contributed by atoms with Crippen LogP contribution in [0.2, 0.25) is 0 Å². The summed E-state index contributed by atoms with van der Waals surface area (Å²) in [6.07, 6.45) is 7.58. The molecule has 2 atom stereocenters. The molecule has 1 aliphatic rings. The monoisotopic (exact) mass is 380 g/mol. The van der Waals surface area contributed by atoms with Crippen LogP contribution < -0.4 is 10.1 Å². The number of methoxy groups -OCH3 is 1. The number of sulfonamides is 1. The average molecular weight is 381 g/mol. The van der Waals surface area contributed by atoms with Gasteiger partial charge in [-0.1, -0.05) is 25.8 Å². The van der Waals surface area contributed by atoms with Crippen molar-refractivity contribution in [1.82, 2.24) is 9.62 Å². The van der Waals surface area contributed by atoms with Crippen LogP contribution in [0, 0.1) is 5.92 Å². The van der Waals surface area contributed by atoms with Crippen LogP contribution in [-0.4, -0.2) is 45.9 Å². The number of hydrogen-bond donors (Lipinski definition) is 1. The van der Waals surface area contributed by atoms with Crippen molar-refractivity contribution in [3.8, 4) is 5.75 Å². The van der Waals surface area contributed by atoms with E-state index in [1.54, 1.807) is 18.2 Å². The lowest BCUT2D eigenvalue weighted by Crippen LogP contribution is -2.40. The molecule has 0 saturated heterocycles. The first-order chi connectivity index (χ1) is 12.3. The van der Waals surface area contributed by atoms with Crippen LogP contribution in [0.3, 0.4) is 0 Å². The van der Waals surface area contributed by atoms with E-state index in [1.165, 1.54) is 39.8 Å². The molecule has 1 aliphatic carbocycles. The summed E-state index contributed by atoms with van der Waals surface area (Å²) < 4.78 is 31.2. The first kappa shape index (κ1) is 20.5. The van der Waals surface area contributed by atoms with Crippen molar-refractivity contribution >= 4 is 22.0 Å². The van der Waals surface area contributed by atoms with E-state index >= 15 is 0 Å². The molecule has 0 aliphatic heterocycles. The van der Waals surface area contributed by atoms with Gasteiger partial charge in [-0.05, 0) is 42.5 Å². The minimum Gasteiger partial charge on any atom is -0.495 e. The Hall–Kier alpha value is -1.86. The highest BCUT2D eigenvalue weighted by molar-refractivity contribution is 7.89. The molecular weight excluding hydrogens is 352 g/mol. The van der Waals surface area contributed by atoms with Gasteiger partial charge >= 0.3 is 0 Å². The van der Waals surface area contributed by atoms with Crippen molar-refractivity contribution in [2.75, 3.05) is 21.2 Å². The highest BCUT2D eigenvalue weighted by atomic mass is 32.2. The summed E-state index contributed by atoms with van der Waals surface area (Å²) in [7, 11) is 0.729. The van der Waals surface area contributed by atoms with Gasteiger partial charge in [-0.2, -0.15) is 0 Å². The van der Waals surface area contributed by atoms with Gasteiger partial charge in [0.15, 0.2) is 0 Å². The van der Waals surface area contributed by atoms with Gasteiger partial charge in [0.2, 0.25) is 15.9 Å². The van der Waals surface area contributed by atoms with Gasteiger partial charge in [0.05, 0.1) is 7.11 Å². The molecule has 6 nitrogen and oxygen atoms in total. The Morgan fingerprint density at radius 3 is 2.58 bits per heavy atom. The normalized spacial score (nSPS) is 21.1. The van der Waals surface area contributed by atoms with Crippen LogP contribution in [0.15, 0.2) is 29.2 Å². The van der Waals surface area contributed by atoms with Crippen LogP contribution in [0.5, 0.6) is 5.75 Å². The minimum atomic E-state index is -3.64. The Kier molecular flexibility index (Phi) is 6.83. The number of nitrogens with one attached hydrogen (secondary N) is 1. The number of nitrogens with zero attached hydrogens (tertiary/aromatic N) is 1. The van der Waals surface area contributed by atoms with E-state index in [0.717, 1.165) is 23.6 Å². The highest BCUT2D eigenvalue weighted by Crippen LogP contribution is 2.27. The quantitative estimate of drug-likeness (QED) is 0.770. The minimum absolute atomic E-state index is 0.0773. The third-order valence-electron chi connectivity index (χ3n) is 4.81. The third kappa shape index (κ3) is 4.86. The molecule has 7 heteroatoms. The van der Waals surface area contributed by atoms with Crippen LogP contribution in [0.25, 0.3) is 6.08 Å². The summed E-state index contributed by atoms with van der Waals surface area (Å²) in [6.45, 7) is 2.16. The van der Waals surface area contributed by atoms with E-state index < -0.39 is 10.0 Å². The highest BCUT2D eigenvalue weighted by Gasteiger charge is 2.23. The fourth-order valence-electron chi connectivity index (χ4n) is 3.13.